The molecule has 0 bridgehead atoms. The monoisotopic (exact) mass is 578 g/mol. The van der Waals surface area contributed by atoms with E-state index in [9.17, 15) is 25.9 Å². The highest BCUT2D eigenvalue weighted by Gasteiger charge is 2.27. The summed E-state index contributed by atoms with van der Waals surface area (Å²) in [5.74, 6) is 0.690. The highest BCUT2D eigenvalue weighted by atomic mass is 32.2. The van der Waals surface area contributed by atoms with E-state index in [4.69, 9.17) is 4.74 Å². The van der Waals surface area contributed by atoms with E-state index in [-0.39, 0.29) is 47.0 Å². The number of benzene rings is 2. The van der Waals surface area contributed by atoms with E-state index in [0.717, 1.165) is 12.8 Å². The Bertz CT molecular complexity index is 1210. The van der Waals surface area contributed by atoms with Gasteiger partial charge in [-0.15, -0.1) is 0 Å². The number of rotatable bonds is 16. The molecule has 0 aliphatic heterocycles. The average Bonchev–Trinajstić information content (AvgIpc) is 2.84. The molecule has 2 N–H and O–H groups in total. The average molecular weight is 579 g/mol. The predicted octanol–water partition coefficient (Wildman–Crippen LogP) is 7.34. The normalized spacial score (nSPS) is 13.8. The van der Waals surface area contributed by atoms with Crippen LogP contribution in [0.25, 0.3) is 0 Å². The summed E-state index contributed by atoms with van der Waals surface area (Å²) in [6, 6.07) is 17.7. The molecular weight excluding hydrogens is 536 g/mol. The zero-order valence-corrected chi connectivity index (χ0v) is 25.0. The summed E-state index contributed by atoms with van der Waals surface area (Å²) < 4.78 is 77.3. The first-order valence-electron chi connectivity index (χ1n) is 13.4. The van der Waals surface area contributed by atoms with Crippen LogP contribution in [-0.2, 0) is 37.8 Å². The lowest BCUT2D eigenvalue weighted by atomic mass is 10.0. The molecule has 7 nitrogen and oxygen atoms in total. The van der Waals surface area contributed by atoms with Crippen LogP contribution in [-0.4, -0.2) is 25.9 Å². The first-order valence-corrected chi connectivity index (χ1v) is 16.3. The Labute approximate surface area is 234 Å². The van der Waals surface area contributed by atoms with Crippen molar-refractivity contribution in [2.75, 3.05) is 0 Å². The molecule has 0 amide bonds. The van der Waals surface area contributed by atoms with E-state index >= 15 is 0 Å². The van der Waals surface area contributed by atoms with Crippen molar-refractivity contribution in [2.45, 2.75) is 79.1 Å². The first-order chi connectivity index (χ1) is 18.3. The van der Waals surface area contributed by atoms with Gasteiger partial charge in [0, 0.05) is 25.7 Å². The van der Waals surface area contributed by atoms with Gasteiger partial charge in [0.15, 0.2) is 0 Å². The second-order valence-electron chi connectivity index (χ2n) is 10.6. The van der Waals surface area contributed by atoms with Crippen LogP contribution in [0.1, 0.15) is 77.3 Å². The van der Waals surface area contributed by atoms with Crippen molar-refractivity contribution in [3.05, 3.63) is 93.1 Å². The molecular formula is C30H42O7S2. The van der Waals surface area contributed by atoms with Gasteiger partial charge in [0.2, 0.25) is 0 Å². The standard InChI is InChI=1S/C30H42O7S2/c1-23(2)13-11-19-27(29(38(31,32)33)21-25-15-7-5-8-16-25)37-28(20-12-14-24(3)4)30(39(34,35)36)22-26-17-9-6-10-18-26/h5-10,15-18,23-24H,11-14,19-22H2,1-4H3,(H,31,32,33)(H,34,35,36). The molecule has 2 rings (SSSR count). The smallest absolute Gasteiger partial charge is 0.294 e. The van der Waals surface area contributed by atoms with Crippen LogP contribution < -0.4 is 0 Å². The fourth-order valence-corrected chi connectivity index (χ4v) is 5.78. The van der Waals surface area contributed by atoms with Gasteiger partial charge in [-0.2, -0.15) is 16.8 Å². The minimum absolute atomic E-state index is 0.00392. The van der Waals surface area contributed by atoms with Gasteiger partial charge in [0.1, 0.15) is 21.3 Å². The third kappa shape index (κ3) is 12.1. The fourth-order valence-electron chi connectivity index (χ4n) is 4.21. The number of hydrogen-bond acceptors (Lipinski definition) is 5. The maximum Gasteiger partial charge on any atom is 0.294 e. The first kappa shape index (κ1) is 32.8. The maximum atomic E-state index is 12.7. The van der Waals surface area contributed by atoms with E-state index in [1.165, 1.54) is 0 Å². The Morgan fingerprint density at radius 3 is 1.26 bits per heavy atom. The van der Waals surface area contributed by atoms with Crippen molar-refractivity contribution < 1.29 is 30.7 Å². The van der Waals surface area contributed by atoms with Crippen LogP contribution in [0.4, 0.5) is 0 Å². The third-order valence-corrected chi connectivity index (χ3v) is 8.27. The summed E-state index contributed by atoms with van der Waals surface area (Å²) in [7, 11) is -9.39. The Morgan fingerprint density at radius 2 is 0.974 bits per heavy atom. The summed E-state index contributed by atoms with van der Waals surface area (Å²) in [5.41, 5.74) is 1.31. The minimum atomic E-state index is -4.69. The molecule has 0 saturated heterocycles. The van der Waals surface area contributed by atoms with E-state index in [2.05, 4.69) is 0 Å². The molecule has 0 saturated carbocycles. The fraction of sp³-hybridized carbons (Fsp3) is 0.467. The minimum Gasteiger partial charge on any atom is -0.464 e. The van der Waals surface area contributed by atoms with Crippen molar-refractivity contribution in [1.82, 2.24) is 0 Å². The largest absolute Gasteiger partial charge is 0.464 e. The van der Waals surface area contributed by atoms with E-state index in [0.29, 0.717) is 35.8 Å². The molecule has 2 aromatic rings. The molecule has 0 aliphatic rings. The predicted molar refractivity (Wildman–Crippen MR) is 156 cm³/mol. The van der Waals surface area contributed by atoms with Gasteiger partial charge in [-0.3, -0.25) is 9.11 Å². The summed E-state index contributed by atoms with van der Waals surface area (Å²) in [5, 5.41) is 0. The van der Waals surface area contributed by atoms with Crippen LogP contribution >= 0.6 is 0 Å². The van der Waals surface area contributed by atoms with Crippen LogP contribution in [0.5, 0.6) is 0 Å². The van der Waals surface area contributed by atoms with Crippen LogP contribution in [0.2, 0.25) is 0 Å². The summed E-state index contributed by atoms with van der Waals surface area (Å²) in [6.45, 7) is 8.19. The lowest BCUT2D eigenvalue weighted by Gasteiger charge is -2.20. The highest BCUT2D eigenvalue weighted by molar-refractivity contribution is 7.90. The van der Waals surface area contributed by atoms with Gasteiger partial charge < -0.3 is 4.74 Å². The summed E-state index contributed by atoms with van der Waals surface area (Å²) >= 11 is 0. The molecule has 9 heteroatoms. The van der Waals surface area contributed by atoms with Crippen molar-refractivity contribution >= 4 is 20.2 Å². The van der Waals surface area contributed by atoms with Gasteiger partial charge in [-0.1, -0.05) is 101 Å². The molecule has 0 atom stereocenters. The van der Waals surface area contributed by atoms with Crippen molar-refractivity contribution in [2.24, 2.45) is 11.8 Å². The third-order valence-electron chi connectivity index (χ3n) is 6.28. The molecule has 0 aromatic heterocycles. The molecule has 216 valence electrons. The number of allylic oxidation sites excluding steroid dienone is 4. The van der Waals surface area contributed by atoms with Gasteiger partial charge >= 0.3 is 0 Å². The number of hydrogen-bond donors (Lipinski definition) is 2. The molecule has 0 fully saturated rings. The van der Waals surface area contributed by atoms with Gasteiger partial charge in [0.25, 0.3) is 20.2 Å². The molecule has 2 aromatic carbocycles. The van der Waals surface area contributed by atoms with Gasteiger partial charge in [-0.25, -0.2) is 0 Å². The van der Waals surface area contributed by atoms with E-state index in [1.54, 1.807) is 60.7 Å². The van der Waals surface area contributed by atoms with E-state index in [1.807, 2.05) is 27.7 Å². The number of ether oxygens (including phenoxy) is 1. The van der Waals surface area contributed by atoms with Crippen molar-refractivity contribution in [3.8, 4) is 0 Å². The Morgan fingerprint density at radius 1 is 0.641 bits per heavy atom. The SMILES string of the molecule is CC(C)CCCC(OC(CCCC(C)C)=C(Cc1ccccc1)S(=O)(=O)O)=C(Cc1ccccc1)S(=O)(=O)O. The molecule has 0 heterocycles. The second-order valence-corrected chi connectivity index (χ2v) is 13.5. The van der Waals surface area contributed by atoms with Crippen molar-refractivity contribution in [3.63, 3.8) is 0 Å². The lowest BCUT2D eigenvalue weighted by molar-refractivity contribution is 0.261. The van der Waals surface area contributed by atoms with Crippen LogP contribution in [0.3, 0.4) is 0 Å². The second kappa shape index (κ2) is 15.4. The lowest BCUT2D eigenvalue weighted by Crippen LogP contribution is -2.15. The van der Waals surface area contributed by atoms with Crippen molar-refractivity contribution in [1.29, 1.82) is 0 Å². The van der Waals surface area contributed by atoms with E-state index < -0.39 is 20.2 Å². The van der Waals surface area contributed by atoms with Gasteiger partial charge in [0.05, 0.1) is 0 Å². The molecule has 0 radical (unpaired) electrons. The molecule has 0 aliphatic carbocycles. The molecule has 0 spiro atoms. The highest BCUT2D eigenvalue weighted by Crippen LogP contribution is 2.31. The summed E-state index contributed by atoms with van der Waals surface area (Å²) in [4.78, 5) is -0.624. The summed E-state index contributed by atoms with van der Waals surface area (Å²) in [6.07, 6.45) is 2.82. The molecule has 39 heavy (non-hydrogen) atoms. The zero-order valence-electron chi connectivity index (χ0n) is 23.3. The Hall–Kier alpha value is -2.46. The zero-order chi connectivity index (χ0) is 29.1. The van der Waals surface area contributed by atoms with Gasteiger partial charge in [-0.05, 0) is 35.8 Å². The maximum absolute atomic E-state index is 12.7. The topological polar surface area (TPSA) is 118 Å². The Kier molecular flexibility index (Phi) is 12.9. The van der Waals surface area contributed by atoms with Crippen LogP contribution in [0.15, 0.2) is 82.0 Å². The van der Waals surface area contributed by atoms with Crippen LogP contribution in [0, 0.1) is 11.8 Å². The Balaban J connectivity index is 2.70. The molecule has 0 unspecified atom stereocenters. The quantitative estimate of drug-likeness (QED) is 0.158.